The highest BCUT2D eigenvalue weighted by atomic mass is 16.5. The first-order valence-electron chi connectivity index (χ1n) is 6.51. The Morgan fingerprint density at radius 1 is 1.32 bits per heavy atom. The van der Waals surface area contributed by atoms with Gasteiger partial charge in [0.05, 0.1) is 17.2 Å². The molecule has 19 heavy (non-hydrogen) atoms. The van der Waals surface area contributed by atoms with Crippen molar-refractivity contribution in [3.63, 3.8) is 0 Å². The molecule has 1 atom stereocenters. The quantitative estimate of drug-likeness (QED) is 0.876. The van der Waals surface area contributed by atoms with Crippen molar-refractivity contribution in [2.75, 3.05) is 0 Å². The fourth-order valence-corrected chi connectivity index (χ4v) is 1.85. The zero-order valence-electron chi connectivity index (χ0n) is 12.9. The van der Waals surface area contributed by atoms with E-state index in [4.69, 9.17) is 10.3 Å². The van der Waals surface area contributed by atoms with Crippen LogP contribution in [0.4, 0.5) is 0 Å². The molecule has 1 rings (SSSR count). The molecular formula is C14H25N3O2. The van der Waals surface area contributed by atoms with Gasteiger partial charge in [0.1, 0.15) is 5.76 Å². The average Bonchev–Trinajstić information content (AvgIpc) is 2.56. The number of carbonyl (C=O) groups excluding carboxylic acids is 1. The Hall–Kier alpha value is -1.36. The van der Waals surface area contributed by atoms with Crippen LogP contribution < -0.4 is 11.1 Å². The van der Waals surface area contributed by atoms with Crippen LogP contribution in [0.15, 0.2) is 4.52 Å². The lowest BCUT2D eigenvalue weighted by Gasteiger charge is -2.37. The highest BCUT2D eigenvalue weighted by molar-refractivity contribution is 5.83. The lowest BCUT2D eigenvalue weighted by atomic mass is 9.74. The second kappa shape index (κ2) is 4.96. The van der Waals surface area contributed by atoms with E-state index in [1.165, 1.54) is 0 Å². The van der Waals surface area contributed by atoms with Gasteiger partial charge in [-0.3, -0.25) is 4.79 Å². The van der Waals surface area contributed by atoms with Crippen molar-refractivity contribution in [2.24, 2.45) is 11.1 Å². The van der Waals surface area contributed by atoms with Gasteiger partial charge in [-0.15, -0.1) is 0 Å². The number of aromatic nitrogens is 1. The summed E-state index contributed by atoms with van der Waals surface area (Å²) in [6.45, 7) is 13.0. The van der Waals surface area contributed by atoms with Gasteiger partial charge in [0.25, 0.3) is 0 Å². The molecule has 0 fully saturated rings. The first-order chi connectivity index (χ1) is 8.48. The molecule has 1 aromatic heterocycles. The molecule has 0 aliphatic rings. The zero-order chi connectivity index (χ0) is 15.0. The molecule has 0 bridgehead atoms. The standard InChI is InChI=1S/C14H25N3O2/c1-8(11-9(2)17-19-10(11)3)16-12(18)13(4,5)14(6,7)15/h8H,15H2,1-7H3,(H,16,18). The molecule has 0 aromatic carbocycles. The van der Waals surface area contributed by atoms with Crippen molar-refractivity contribution in [2.45, 2.75) is 60.0 Å². The minimum absolute atomic E-state index is 0.0764. The highest BCUT2D eigenvalue weighted by Crippen LogP contribution is 2.30. The van der Waals surface area contributed by atoms with Gasteiger partial charge in [0.15, 0.2) is 0 Å². The molecular weight excluding hydrogens is 242 g/mol. The maximum Gasteiger partial charge on any atom is 0.227 e. The Bertz CT molecular complexity index is 450. The maximum atomic E-state index is 12.4. The molecule has 108 valence electrons. The van der Waals surface area contributed by atoms with Crippen molar-refractivity contribution in [1.29, 1.82) is 0 Å². The molecule has 0 aliphatic carbocycles. The predicted molar refractivity (Wildman–Crippen MR) is 74.6 cm³/mol. The number of hydrogen-bond donors (Lipinski definition) is 2. The first kappa shape index (κ1) is 15.7. The monoisotopic (exact) mass is 267 g/mol. The minimum Gasteiger partial charge on any atom is -0.361 e. The third-order valence-corrected chi connectivity index (χ3v) is 4.05. The van der Waals surface area contributed by atoms with E-state index in [1.807, 2.05) is 48.5 Å². The van der Waals surface area contributed by atoms with Crippen LogP contribution in [-0.4, -0.2) is 16.6 Å². The second-order valence-electron chi connectivity index (χ2n) is 6.28. The number of nitrogens with zero attached hydrogens (tertiary/aromatic N) is 1. The summed E-state index contributed by atoms with van der Waals surface area (Å²) in [4.78, 5) is 12.4. The summed E-state index contributed by atoms with van der Waals surface area (Å²) < 4.78 is 5.12. The topological polar surface area (TPSA) is 81.2 Å². The third-order valence-electron chi connectivity index (χ3n) is 4.05. The van der Waals surface area contributed by atoms with Gasteiger partial charge >= 0.3 is 0 Å². The van der Waals surface area contributed by atoms with Gasteiger partial charge in [0, 0.05) is 11.1 Å². The van der Waals surface area contributed by atoms with Gasteiger partial charge in [0.2, 0.25) is 5.91 Å². The van der Waals surface area contributed by atoms with Crippen LogP contribution in [0.25, 0.3) is 0 Å². The van der Waals surface area contributed by atoms with E-state index in [0.717, 1.165) is 17.0 Å². The molecule has 0 radical (unpaired) electrons. The van der Waals surface area contributed by atoms with Gasteiger partial charge in [-0.2, -0.15) is 0 Å². The van der Waals surface area contributed by atoms with Gasteiger partial charge in [-0.05, 0) is 48.5 Å². The van der Waals surface area contributed by atoms with Crippen LogP contribution in [0, 0.1) is 19.3 Å². The number of nitrogens with two attached hydrogens (primary N) is 1. The van der Waals surface area contributed by atoms with Crippen LogP contribution in [0.5, 0.6) is 0 Å². The normalized spacial score (nSPS) is 14.3. The van der Waals surface area contributed by atoms with Crippen molar-refractivity contribution in [1.82, 2.24) is 10.5 Å². The summed E-state index contributed by atoms with van der Waals surface area (Å²) in [5.74, 6) is 0.655. The number of carbonyl (C=O) groups is 1. The molecule has 0 saturated heterocycles. The lowest BCUT2D eigenvalue weighted by molar-refractivity contribution is -0.132. The van der Waals surface area contributed by atoms with E-state index in [9.17, 15) is 4.79 Å². The van der Waals surface area contributed by atoms with Crippen molar-refractivity contribution in [3.05, 3.63) is 17.0 Å². The Labute approximate surface area is 114 Å². The van der Waals surface area contributed by atoms with Crippen molar-refractivity contribution < 1.29 is 9.32 Å². The molecule has 1 heterocycles. The predicted octanol–water partition coefficient (Wildman–Crippen LogP) is 2.23. The minimum atomic E-state index is -0.666. The summed E-state index contributed by atoms with van der Waals surface area (Å²) in [6.07, 6.45) is 0. The first-order valence-corrected chi connectivity index (χ1v) is 6.51. The van der Waals surface area contributed by atoms with E-state index in [-0.39, 0.29) is 11.9 Å². The lowest BCUT2D eigenvalue weighted by Crippen LogP contribution is -2.55. The van der Waals surface area contributed by atoms with E-state index in [2.05, 4.69) is 10.5 Å². The van der Waals surface area contributed by atoms with Crippen molar-refractivity contribution in [3.8, 4) is 0 Å². The van der Waals surface area contributed by atoms with E-state index in [1.54, 1.807) is 0 Å². The molecule has 3 N–H and O–H groups in total. The summed E-state index contributed by atoms with van der Waals surface area (Å²) in [5, 5.41) is 6.90. The van der Waals surface area contributed by atoms with E-state index in [0.29, 0.717) is 0 Å². The third kappa shape index (κ3) is 2.97. The summed E-state index contributed by atoms with van der Waals surface area (Å²) in [6, 6.07) is -0.152. The Morgan fingerprint density at radius 3 is 2.21 bits per heavy atom. The molecule has 1 amide bonds. The fourth-order valence-electron chi connectivity index (χ4n) is 1.85. The largest absolute Gasteiger partial charge is 0.361 e. The maximum absolute atomic E-state index is 12.4. The van der Waals surface area contributed by atoms with Crippen LogP contribution in [0.1, 0.15) is 57.7 Å². The number of rotatable bonds is 4. The van der Waals surface area contributed by atoms with Gasteiger partial charge in [-0.1, -0.05) is 5.16 Å². The van der Waals surface area contributed by atoms with Crippen LogP contribution >= 0.6 is 0 Å². The molecule has 5 nitrogen and oxygen atoms in total. The summed E-state index contributed by atoms with van der Waals surface area (Å²) >= 11 is 0. The number of amides is 1. The zero-order valence-corrected chi connectivity index (χ0v) is 12.9. The van der Waals surface area contributed by atoms with Gasteiger partial charge < -0.3 is 15.6 Å². The molecule has 1 unspecified atom stereocenters. The molecule has 1 aromatic rings. The fraction of sp³-hybridized carbons (Fsp3) is 0.714. The number of aryl methyl sites for hydroxylation is 2. The Balaban J connectivity index is 2.90. The van der Waals surface area contributed by atoms with Crippen LogP contribution in [0.2, 0.25) is 0 Å². The van der Waals surface area contributed by atoms with Crippen molar-refractivity contribution >= 4 is 5.91 Å². The molecule has 0 aliphatic heterocycles. The van der Waals surface area contributed by atoms with Gasteiger partial charge in [-0.25, -0.2) is 0 Å². The summed E-state index contributed by atoms with van der Waals surface area (Å²) in [5.41, 5.74) is 6.54. The molecule has 5 heteroatoms. The van der Waals surface area contributed by atoms with Crippen LogP contribution in [0.3, 0.4) is 0 Å². The molecule has 0 spiro atoms. The Morgan fingerprint density at radius 2 is 1.84 bits per heavy atom. The second-order valence-corrected chi connectivity index (χ2v) is 6.28. The summed E-state index contributed by atoms with van der Waals surface area (Å²) in [7, 11) is 0. The highest BCUT2D eigenvalue weighted by Gasteiger charge is 2.41. The molecule has 0 saturated carbocycles. The van der Waals surface area contributed by atoms with Crippen LogP contribution in [-0.2, 0) is 4.79 Å². The number of nitrogens with one attached hydrogen (secondary N) is 1. The van der Waals surface area contributed by atoms with E-state index < -0.39 is 11.0 Å². The van der Waals surface area contributed by atoms with E-state index >= 15 is 0 Å². The smallest absolute Gasteiger partial charge is 0.227 e. The SMILES string of the molecule is Cc1noc(C)c1C(C)NC(=O)C(C)(C)C(C)(C)N. The average molecular weight is 267 g/mol. The Kier molecular flexibility index (Phi) is 4.10. The number of hydrogen-bond acceptors (Lipinski definition) is 4.